The largest absolute Gasteiger partial charge is 0.481 e. The molecule has 4 atom stereocenters. The molecule has 21 heavy (non-hydrogen) atoms. The minimum Gasteiger partial charge on any atom is -0.481 e. The summed E-state index contributed by atoms with van der Waals surface area (Å²) in [6.45, 7) is 5.00. The van der Waals surface area contributed by atoms with Crippen LogP contribution in [0.3, 0.4) is 0 Å². The second kappa shape index (κ2) is 5.95. The molecule has 2 heterocycles. The summed E-state index contributed by atoms with van der Waals surface area (Å²) in [6, 6.07) is 0.700. The van der Waals surface area contributed by atoms with E-state index >= 15 is 0 Å². The Balaban J connectivity index is 1.70. The lowest BCUT2D eigenvalue weighted by Gasteiger charge is -2.48. The fraction of sp³-hybridized carbons (Fsp3) is 0.875. The smallest absolute Gasteiger partial charge is 0.307 e. The zero-order chi connectivity index (χ0) is 15.0. The normalized spacial score (nSPS) is 37.3. The lowest BCUT2D eigenvalue weighted by molar-refractivity contribution is -0.152. The van der Waals surface area contributed by atoms with Gasteiger partial charge >= 0.3 is 5.97 Å². The molecule has 0 aromatic heterocycles. The summed E-state index contributed by atoms with van der Waals surface area (Å²) >= 11 is 0. The van der Waals surface area contributed by atoms with Crippen LogP contribution in [-0.4, -0.2) is 58.5 Å². The van der Waals surface area contributed by atoms with Crippen LogP contribution in [0.15, 0.2) is 0 Å². The predicted octanol–water partition coefficient (Wildman–Crippen LogP) is 1.57. The van der Waals surface area contributed by atoms with Crippen molar-refractivity contribution in [2.24, 2.45) is 11.8 Å². The minimum absolute atomic E-state index is 0.0950. The van der Waals surface area contributed by atoms with Gasteiger partial charge in [0.05, 0.1) is 11.8 Å². The highest BCUT2D eigenvalue weighted by Gasteiger charge is 2.43. The Labute approximate surface area is 126 Å². The van der Waals surface area contributed by atoms with Crippen molar-refractivity contribution in [3.8, 4) is 0 Å². The Morgan fingerprint density at radius 1 is 1.00 bits per heavy atom. The number of hydrogen-bond donors (Lipinski definition) is 1. The summed E-state index contributed by atoms with van der Waals surface area (Å²) in [5.74, 6) is -1.46. The quantitative estimate of drug-likeness (QED) is 0.840. The highest BCUT2D eigenvalue weighted by molar-refractivity contribution is 5.85. The molecule has 1 N–H and O–H groups in total. The molecule has 118 valence electrons. The van der Waals surface area contributed by atoms with Crippen LogP contribution < -0.4 is 0 Å². The summed E-state index contributed by atoms with van der Waals surface area (Å²) in [4.78, 5) is 28.7. The van der Waals surface area contributed by atoms with Gasteiger partial charge in [0, 0.05) is 25.2 Å². The number of nitrogens with zero attached hydrogens (tertiary/aromatic N) is 2. The van der Waals surface area contributed by atoms with Crippen LogP contribution in [-0.2, 0) is 9.59 Å². The van der Waals surface area contributed by atoms with Gasteiger partial charge in [0.1, 0.15) is 0 Å². The summed E-state index contributed by atoms with van der Waals surface area (Å²) < 4.78 is 0. The summed E-state index contributed by atoms with van der Waals surface area (Å²) in [5.41, 5.74) is 0. The van der Waals surface area contributed by atoms with Crippen LogP contribution in [0.5, 0.6) is 0 Å². The van der Waals surface area contributed by atoms with Gasteiger partial charge in [-0.05, 0) is 39.2 Å². The Morgan fingerprint density at radius 2 is 1.76 bits per heavy atom. The molecule has 2 aliphatic heterocycles. The monoisotopic (exact) mass is 294 g/mol. The highest BCUT2D eigenvalue weighted by atomic mass is 16.4. The molecular weight excluding hydrogens is 268 g/mol. The van der Waals surface area contributed by atoms with Crippen LogP contribution in [0.25, 0.3) is 0 Å². The lowest BCUT2D eigenvalue weighted by Crippen LogP contribution is -2.61. The minimum atomic E-state index is -0.796. The zero-order valence-corrected chi connectivity index (χ0v) is 12.8. The number of rotatable bonds is 2. The van der Waals surface area contributed by atoms with Crippen molar-refractivity contribution in [1.82, 2.24) is 9.80 Å². The molecule has 0 aromatic rings. The van der Waals surface area contributed by atoms with Gasteiger partial charge in [0.15, 0.2) is 0 Å². The van der Waals surface area contributed by atoms with Gasteiger partial charge < -0.3 is 10.0 Å². The van der Waals surface area contributed by atoms with E-state index in [1.165, 1.54) is 19.3 Å². The second-order valence-electron chi connectivity index (χ2n) is 6.97. The van der Waals surface area contributed by atoms with Crippen LogP contribution in [0.1, 0.15) is 45.4 Å². The third-order valence-corrected chi connectivity index (χ3v) is 5.62. The number of amides is 1. The molecule has 0 spiro atoms. The molecule has 5 heteroatoms. The Kier molecular flexibility index (Phi) is 4.20. The van der Waals surface area contributed by atoms with Crippen molar-refractivity contribution in [2.45, 2.75) is 57.5 Å². The fourth-order valence-corrected chi connectivity index (χ4v) is 4.42. The SMILES string of the molecule is CC1CN2CCCCC2CN1C(=O)C1CCCC1C(=O)O. The van der Waals surface area contributed by atoms with Gasteiger partial charge in [0.2, 0.25) is 5.91 Å². The highest BCUT2D eigenvalue weighted by Crippen LogP contribution is 2.35. The van der Waals surface area contributed by atoms with E-state index in [9.17, 15) is 14.7 Å². The number of aliphatic carboxylic acids is 1. The van der Waals surface area contributed by atoms with Crippen molar-refractivity contribution < 1.29 is 14.7 Å². The van der Waals surface area contributed by atoms with Crippen molar-refractivity contribution in [3.05, 3.63) is 0 Å². The number of piperidine rings is 1. The number of carboxylic acid groups (broad SMARTS) is 1. The maximum Gasteiger partial charge on any atom is 0.307 e. The van der Waals surface area contributed by atoms with Gasteiger partial charge in [-0.25, -0.2) is 0 Å². The average Bonchev–Trinajstić information content (AvgIpc) is 2.95. The van der Waals surface area contributed by atoms with Crippen molar-refractivity contribution in [3.63, 3.8) is 0 Å². The molecule has 1 amide bonds. The van der Waals surface area contributed by atoms with Crippen LogP contribution >= 0.6 is 0 Å². The van der Waals surface area contributed by atoms with Crippen LogP contribution in [0.4, 0.5) is 0 Å². The summed E-state index contributed by atoms with van der Waals surface area (Å²) in [6.07, 6.45) is 5.95. The molecule has 4 unspecified atom stereocenters. The van der Waals surface area contributed by atoms with Crippen LogP contribution in [0.2, 0.25) is 0 Å². The number of carbonyl (C=O) groups is 2. The number of piperazine rings is 1. The molecule has 0 aromatic carbocycles. The molecule has 3 fully saturated rings. The van der Waals surface area contributed by atoms with Gasteiger partial charge in [-0.15, -0.1) is 0 Å². The molecular formula is C16H26N2O3. The Hall–Kier alpha value is -1.10. The van der Waals surface area contributed by atoms with Gasteiger partial charge in [-0.2, -0.15) is 0 Å². The molecule has 3 aliphatic rings. The predicted molar refractivity (Wildman–Crippen MR) is 78.9 cm³/mol. The maximum atomic E-state index is 12.8. The zero-order valence-electron chi connectivity index (χ0n) is 12.8. The Bertz CT molecular complexity index is 426. The molecule has 1 aliphatic carbocycles. The maximum absolute atomic E-state index is 12.8. The van der Waals surface area contributed by atoms with E-state index in [0.29, 0.717) is 12.5 Å². The first-order valence-electron chi connectivity index (χ1n) is 8.35. The number of carbonyl (C=O) groups excluding carboxylic acids is 1. The molecule has 1 saturated carbocycles. The van der Waals surface area contributed by atoms with Crippen molar-refractivity contribution >= 4 is 11.9 Å². The Morgan fingerprint density at radius 3 is 2.52 bits per heavy atom. The van der Waals surface area contributed by atoms with E-state index in [2.05, 4.69) is 11.8 Å². The second-order valence-corrected chi connectivity index (χ2v) is 6.97. The third kappa shape index (κ3) is 2.80. The first-order valence-corrected chi connectivity index (χ1v) is 8.35. The lowest BCUT2D eigenvalue weighted by atomic mass is 9.91. The molecule has 2 saturated heterocycles. The summed E-state index contributed by atoms with van der Waals surface area (Å²) in [5, 5.41) is 9.31. The van der Waals surface area contributed by atoms with E-state index in [-0.39, 0.29) is 17.9 Å². The molecule has 0 radical (unpaired) electrons. The molecule has 5 nitrogen and oxygen atoms in total. The van der Waals surface area contributed by atoms with Crippen molar-refractivity contribution in [1.29, 1.82) is 0 Å². The molecule has 3 rings (SSSR count). The average molecular weight is 294 g/mol. The van der Waals surface area contributed by atoms with Crippen LogP contribution in [0, 0.1) is 11.8 Å². The summed E-state index contributed by atoms with van der Waals surface area (Å²) in [7, 11) is 0. The van der Waals surface area contributed by atoms with Gasteiger partial charge in [-0.1, -0.05) is 12.8 Å². The molecule has 0 bridgehead atoms. The van der Waals surface area contributed by atoms with E-state index in [4.69, 9.17) is 0 Å². The number of fused-ring (bicyclic) bond motifs is 1. The number of hydrogen-bond acceptors (Lipinski definition) is 3. The van der Waals surface area contributed by atoms with Gasteiger partial charge in [-0.3, -0.25) is 14.5 Å². The first-order chi connectivity index (χ1) is 10.1. The fourth-order valence-electron chi connectivity index (χ4n) is 4.42. The van der Waals surface area contributed by atoms with E-state index in [1.54, 1.807) is 0 Å². The van der Waals surface area contributed by atoms with E-state index in [1.807, 2.05) is 4.90 Å². The standard InChI is InChI=1S/C16H26N2O3/c1-11-9-17-8-3-2-5-12(17)10-18(11)15(19)13-6-4-7-14(13)16(20)21/h11-14H,2-10H2,1H3,(H,20,21). The topological polar surface area (TPSA) is 60.9 Å². The van der Waals surface area contributed by atoms with Crippen molar-refractivity contribution in [2.75, 3.05) is 19.6 Å². The van der Waals surface area contributed by atoms with E-state index in [0.717, 1.165) is 32.5 Å². The third-order valence-electron chi connectivity index (χ3n) is 5.62. The first kappa shape index (κ1) is 14.8. The van der Waals surface area contributed by atoms with E-state index < -0.39 is 11.9 Å². The number of carboxylic acids is 1. The van der Waals surface area contributed by atoms with Gasteiger partial charge in [0.25, 0.3) is 0 Å².